The van der Waals surface area contributed by atoms with E-state index in [9.17, 15) is 5.11 Å². The molecule has 2 heteroatoms. The first-order valence-electron chi connectivity index (χ1n) is 4.89. The Balaban J connectivity index is 2.44. The van der Waals surface area contributed by atoms with Crippen LogP contribution in [-0.2, 0) is 5.60 Å². The first-order valence-corrected chi connectivity index (χ1v) is 4.89. The molecule has 0 bridgehead atoms. The van der Waals surface area contributed by atoms with E-state index in [-0.39, 0.29) is 0 Å². The van der Waals surface area contributed by atoms with Gasteiger partial charge in [0.25, 0.3) is 0 Å². The van der Waals surface area contributed by atoms with E-state index in [4.69, 9.17) is 0 Å². The van der Waals surface area contributed by atoms with Gasteiger partial charge in [-0.2, -0.15) is 0 Å². The van der Waals surface area contributed by atoms with Crippen molar-refractivity contribution in [2.75, 3.05) is 0 Å². The van der Waals surface area contributed by atoms with Gasteiger partial charge in [-0.25, -0.2) is 0 Å². The third-order valence-electron chi connectivity index (χ3n) is 2.58. The minimum atomic E-state index is -0.954. The van der Waals surface area contributed by atoms with Gasteiger partial charge in [0.05, 0.1) is 0 Å². The predicted octanol–water partition coefficient (Wildman–Crippen LogP) is 2.34. The molecule has 1 heterocycles. The van der Waals surface area contributed by atoms with Gasteiger partial charge in [-0.1, -0.05) is 30.3 Å². The Labute approximate surface area is 89.2 Å². The van der Waals surface area contributed by atoms with Gasteiger partial charge in [0.1, 0.15) is 5.60 Å². The first kappa shape index (κ1) is 9.87. The Morgan fingerprint density at radius 2 is 1.47 bits per heavy atom. The van der Waals surface area contributed by atoms with Crippen molar-refractivity contribution in [3.63, 3.8) is 0 Å². The molecule has 1 unspecified atom stereocenters. The molecule has 0 amide bonds. The van der Waals surface area contributed by atoms with Crippen molar-refractivity contribution in [3.8, 4) is 0 Å². The zero-order valence-corrected chi connectivity index (χ0v) is 8.59. The maximum absolute atomic E-state index is 10.4. The number of aromatic nitrogens is 1. The van der Waals surface area contributed by atoms with Crippen LogP contribution in [0.4, 0.5) is 0 Å². The van der Waals surface area contributed by atoms with Crippen LogP contribution in [-0.4, -0.2) is 10.1 Å². The lowest BCUT2D eigenvalue weighted by Gasteiger charge is -2.24. The summed E-state index contributed by atoms with van der Waals surface area (Å²) >= 11 is 0. The van der Waals surface area contributed by atoms with E-state index >= 15 is 0 Å². The molecule has 0 aliphatic heterocycles. The van der Waals surface area contributed by atoms with Gasteiger partial charge in [0.2, 0.25) is 0 Å². The van der Waals surface area contributed by atoms with Gasteiger partial charge >= 0.3 is 0 Å². The molecular weight excluding hydrogens is 186 g/mol. The highest BCUT2D eigenvalue weighted by molar-refractivity contribution is 5.33. The van der Waals surface area contributed by atoms with Crippen LogP contribution in [0.15, 0.2) is 54.9 Å². The lowest BCUT2D eigenvalue weighted by molar-refractivity contribution is 0.102. The van der Waals surface area contributed by atoms with Gasteiger partial charge in [-0.15, -0.1) is 0 Å². The molecule has 2 nitrogen and oxygen atoms in total. The molecule has 0 aliphatic carbocycles. The molecule has 1 N–H and O–H groups in total. The summed E-state index contributed by atoms with van der Waals surface area (Å²) in [4.78, 5) is 3.94. The van der Waals surface area contributed by atoms with E-state index in [0.29, 0.717) is 0 Å². The number of nitrogens with zero attached hydrogens (tertiary/aromatic N) is 1. The fraction of sp³-hybridized carbons (Fsp3) is 0.154. The van der Waals surface area contributed by atoms with Crippen molar-refractivity contribution in [2.24, 2.45) is 0 Å². The number of benzene rings is 1. The van der Waals surface area contributed by atoms with Gasteiger partial charge in [0.15, 0.2) is 0 Å². The number of aliphatic hydroxyl groups is 1. The Bertz CT molecular complexity index is 381. The number of pyridine rings is 1. The van der Waals surface area contributed by atoms with E-state index < -0.39 is 5.60 Å². The van der Waals surface area contributed by atoms with Crippen LogP contribution in [0.5, 0.6) is 0 Å². The maximum Gasteiger partial charge on any atom is 0.112 e. The molecule has 15 heavy (non-hydrogen) atoms. The third-order valence-corrected chi connectivity index (χ3v) is 2.58. The summed E-state index contributed by atoms with van der Waals surface area (Å²) in [6, 6.07) is 13.3. The number of hydrogen-bond donors (Lipinski definition) is 1. The van der Waals surface area contributed by atoms with Crippen molar-refractivity contribution >= 4 is 0 Å². The molecule has 2 aromatic rings. The molecule has 0 radical (unpaired) electrons. The van der Waals surface area contributed by atoms with Crippen LogP contribution in [0.3, 0.4) is 0 Å². The normalized spacial score (nSPS) is 14.5. The number of hydrogen-bond acceptors (Lipinski definition) is 2. The molecule has 1 aromatic heterocycles. The standard InChI is InChI=1S/C13H13NO/c1-13(15,11-5-3-2-4-6-11)12-7-9-14-10-8-12/h2-10,15H,1H3. The predicted molar refractivity (Wildman–Crippen MR) is 59.4 cm³/mol. The Hall–Kier alpha value is -1.67. The average molecular weight is 199 g/mol. The first-order chi connectivity index (χ1) is 7.21. The summed E-state index contributed by atoms with van der Waals surface area (Å²) in [5, 5.41) is 10.4. The van der Waals surface area contributed by atoms with Gasteiger partial charge in [-0.05, 0) is 30.2 Å². The second-order valence-corrected chi connectivity index (χ2v) is 3.67. The van der Waals surface area contributed by atoms with Gasteiger partial charge < -0.3 is 5.11 Å². The van der Waals surface area contributed by atoms with Crippen LogP contribution < -0.4 is 0 Å². The monoisotopic (exact) mass is 199 g/mol. The highest BCUT2D eigenvalue weighted by Gasteiger charge is 2.24. The fourth-order valence-corrected chi connectivity index (χ4v) is 1.61. The van der Waals surface area contributed by atoms with E-state index in [2.05, 4.69) is 4.98 Å². The molecular formula is C13H13NO. The van der Waals surface area contributed by atoms with Crippen LogP contribution >= 0.6 is 0 Å². The van der Waals surface area contributed by atoms with Crippen molar-refractivity contribution in [1.29, 1.82) is 0 Å². The molecule has 0 fully saturated rings. The lowest BCUT2D eigenvalue weighted by Crippen LogP contribution is -2.22. The molecule has 0 aliphatic rings. The minimum absolute atomic E-state index is 0.851. The topological polar surface area (TPSA) is 33.1 Å². The van der Waals surface area contributed by atoms with E-state index in [0.717, 1.165) is 11.1 Å². The van der Waals surface area contributed by atoms with Crippen LogP contribution in [0, 0.1) is 0 Å². The van der Waals surface area contributed by atoms with Gasteiger partial charge in [-0.3, -0.25) is 4.98 Å². The molecule has 1 atom stereocenters. The summed E-state index contributed by atoms with van der Waals surface area (Å²) in [5.74, 6) is 0. The minimum Gasteiger partial charge on any atom is -0.381 e. The Morgan fingerprint density at radius 3 is 2.07 bits per heavy atom. The number of rotatable bonds is 2. The molecule has 2 rings (SSSR count). The molecule has 76 valence electrons. The summed E-state index contributed by atoms with van der Waals surface area (Å²) in [5.41, 5.74) is 0.782. The maximum atomic E-state index is 10.4. The largest absolute Gasteiger partial charge is 0.381 e. The zero-order chi connectivity index (χ0) is 10.7. The van der Waals surface area contributed by atoms with Gasteiger partial charge in [0, 0.05) is 12.4 Å². The molecule has 0 saturated carbocycles. The Morgan fingerprint density at radius 1 is 0.933 bits per heavy atom. The summed E-state index contributed by atoms with van der Waals surface area (Å²) in [6.45, 7) is 1.79. The SMILES string of the molecule is CC(O)(c1ccccc1)c1ccncc1. The molecule has 1 aromatic carbocycles. The van der Waals surface area contributed by atoms with E-state index in [1.807, 2.05) is 42.5 Å². The fourth-order valence-electron chi connectivity index (χ4n) is 1.61. The summed E-state index contributed by atoms with van der Waals surface area (Å²) in [6.07, 6.45) is 3.37. The zero-order valence-electron chi connectivity index (χ0n) is 8.59. The lowest BCUT2D eigenvalue weighted by atomic mass is 9.89. The summed E-state index contributed by atoms with van der Waals surface area (Å²) < 4.78 is 0. The average Bonchev–Trinajstić information content (AvgIpc) is 2.31. The molecule has 0 saturated heterocycles. The van der Waals surface area contributed by atoms with Crippen LogP contribution in [0.25, 0.3) is 0 Å². The van der Waals surface area contributed by atoms with Crippen molar-refractivity contribution in [2.45, 2.75) is 12.5 Å². The Kier molecular flexibility index (Phi) is 2.52. The van der Waals surface area contributed by atoms with E-state index in [1.54, 1.807) is 19.3 Å². The quantitative estimate of drug-likeness (QED) is 0.805. The van der Waals surface area contributed by atoms with Crippen LogP contribution in [0.1, 0.15) is 18.1 Å². The summed E-state index contributed by atoms with van der Waals surface area (Å²) in [7, 11) is 0. The van der Waals surface area contributed by atoms with Crippen LogP contribution in [0.2, 0.25) is 0 Å². The second kappa shape index (κ2) is 3.83. The highest BCUT2D eigenvalue weighted by Crippen LogP contribution is 2.27. The smallest absolute Gasteiger partial charge is 0.112 e. The molecule has 0 spiro atoms. The van der Waals surface area contributed by atoms with Crippen molar-refractivity contribution in [1.82, 2.24) is 4.98 Å². The second-order valence-electron chi connectivity index (χ2n) is 3.67. The van der Waals surface area contributed by atoms with Crippen molar-refractivity contribution < 1.29 is 5.11 Å². The third kappa shape index (κ3) is 1.90. The highest BCUT2D eigenvalue weighted by atomic mass is 16.3. The van der Waals surface area contributed by atoms with Crippen molar-refractivity contribution in [3.05, 3.63) is 66.0 Å². The van der Waals surface area contributed by atoms with E-state index in [1.165, 1.54) is 0 Å².